The zero-order valence-electron chi connectivity index (χ0n) is 12.6. The molecule has 0 atom stereocenters. The van der Waals surface area contributed by atoms with Gasteiger partial charge in [-0.25, -0.2) is 0 Å². The van der Waals surface area contributed by atoms with Crippen molar-refractivity contribution in [1.29, 1.82) is 0 Å². The van der Waals surface area contributed by atoms with Crippen molar-refractivity contribution >= 4 is 5.69 Å². The van der Waals surface area contributed by atoms with Gasteiger partial charge >= 0.3 is 0 Å². The van der Waals surface area contributed by atoms with Gasteiger partial charge in [0.2, 0.25) is 0 Å². The second kappa shape index (κ2) is 6.57. The minimum atomic E-state index is 0.406. The molecule has 2 N–H and O–H groups in total. The summed E-state index contributed by atoms with van der Waals surface area (Å²) in [6.45, 7) is 9.13. The molecule has 0 fully saturated rings. The molecule has 4 nitrogen and oxygen atoms in total. The van der Waals surface area contributed by atoms with Crippen molar-refractivity contribution in [2.24, 2.45) is 0 Å². The highest BCUT2D eigenvalue weighted by Crippen LogP contribution is 2.15. The lowest BCUT2D eigenvalue weighted by molar-refractivity contribution is 0.267. The Kier molecular flexibility index (Phi) is 4.79. The average Bonchev–Trinajstić information content (AvgIpc) is 2.89. The zero-order valence-corrected chi connectivity index (χ0v) is 12.6. The number of benzene rings is 1. The highest BCUT2D eigenvalue weighted by atomic mass is 15.3. The number of nitrogen functional groups attached to an aromatic ring is 1. The van der Waals surface area contributed by atoms with E-state index < -0.39 is 0 Å². The quantitative estimate of drug-likeness (QED) is 0.822. The van der Waals surface area contributed by atoms with Gasteiger partial charge < -0.3 is 5.73 Å². The van der Waals surface area contributed by atoms with Gasteiger partial charge in [0, 0.05) is 31.0 Å². The van der Waals surface area contributed by atoms with E-state index in [2.05, 4.69) is 42.9 Å². The summed E-state index contributed by atoms with van der Waals surface area (Å²) in [5.74, 6) is 0. The lowest BCUT2D eigenvalue weighted by Gasteiger charge is -2.20. The maximum absolute atomic E-state index is 6.01. The number of aromatic nitrogens is 2. The Morgan fingerprint density at radius 1 is 1.20 bits per heavy atom. The number of nitrogens with two attached hydrogens (primary N) is 1. The van der Waals surface area contributed by atoms with Gasteiger partial charge in [-0.15, -0.1) is 0 Å². The van der Waals surface area contributed by atoms with Crippen molar-refractivity contribution in [2.45, 2.75) is 39.9 Å². The third-order valence-corrected chi connectivity index (χ3v) is 3.47. The Balaban J connectivity index is 2.03. The van der Waals surface area contributed by atoms with Crippen LogP contribution in [0, 0.1) is 0 Å². The second-order valence-corrected chi connectivity index (χ2v) is 5.38. The van der Waals surface area contributed by atoms with Crippen LogP contribution in [0.4, 0.5) is 5.69 Å². The van der Waals surface area contributed by atoms with Gasteiger partial charge in [0.1, 0.15) is 0 Å². The summed E-state index contributed by atoms with van der Waals surface area (Å²) in [7, 11) is 0. The Morgan fingerprint density at radius 2 is 1.95 bits per heavy atom. The molecular weight excluding hydrogens is 248 g/mol. The number of para-hydroxylation sites is 1. The zero-order chi connectivity index (χ0) is 14.5. The average molecular weight is 272 g/mol. The van der Waals surface area contributed by atoms with Gasteiger partial charge in [0.25, 0.3) is 0 Å². The molecule has 2 aromatic rings. The SMILES string of the molecule is CCN(Cc1ccn(C(C)C)n1)Cc1ccccc1N. The highest BCUT2D eigenvalue weighted by Gasteiger charge is 2.09. The van der Waals surface area contributed by atoms with Gasteiger partial charge in [-0.3, -0.25) is 9.58 Å². The van der Waals surface area contributed by atoms with Crippen LogP contribution in [0.15, 0.2) is 36.5 Å². The third-order valence-electron chi connectivity index (χ3n) is 3.47. The first-order chi connectivity index (χ1) is 9.60. The van der Waals surface area contributed by atoms with Gasteiger partial charge in [-0.05, 0) is 38.1 Å². The summed E-state index contributed by atoms with van der Waals surface area (Å²) < 4.78 is 2.00. The normalized spacial score (nSPS) is 11.4. The minimum absolute atomic E-state index is 0.406. The van der Waals surface area contributed by atoms with E-state index in [1.54, 1.807) is 0 Å². The molecule has 0 bridgehead atoms. The first-order valence-corrected chi connectivity index (χ1v) is 7.20. The fraction of sp³-hybridized carbons (Fsp3) is 0.438. The number of anilines is 1. The number of nitrogens with zero attached hydrogens (tertiary/aromatic N) is 3. The monoisotopic (exact) mass is 272 g/mol. The third kappa shape index (κ3) is 3.61. The van der Waals surface area contributed by atoms with Crippen molar-refractivity contribution in [3.63, 3.8) is 0 Å². The van der Waals surface area contributed by atoms with Crippen molar-refractivity contribution in [3.05, 3.63) is 47.8 Å². The molecule has 108 valence electrons. The smallest absolute Gasteiger partial charge is 0.0765 e. The Hall–Kier alpha value is -1.81. The van der Waals surface area contributed by atoms with Crippen molar-refractivity contribution in [1.82, 2.24) is 14.7 Å². The molecular formula is C16H24N4. The summed E-state index contributed by atoms with van der Waals surface area (Å²) in [6.07, 6.45) is 2.05. The van der Waals surface area contributed by atoms with Crippen LogP contribution in [0.1, 0.15) is 38.1 Å². The van der Waals surface area contributed by atoms with Crippen LogP contribution in [0.3, 0.4) is 0 Å². The van der Waals surface area contributed by atoms with Gasteiger partial charge in [-0.2, -0.15) is 5.10 Å². The molecule has 2 rings (SSSR count). The van der Waals surface area contributed by atoms with Crippen LogP contribution >= 0.6 is 0 Å². The largest absolute Gasteiger partial charge is 0.398 e. The number of hydrogen-bond donors (Lipinski definition) is 1. The van der Waals surface area contributed by atoms with Crippen LogP contribution < -0.4 is 5.73 Å². The summed E-state index contributed by atoms with van der Waals surface area (Å²) in [5, 5.41) is 4.61. The number of rotatable bonds is 6. The van der Waals surface area contributed by atoms with E-state index in [0.717, 1.165) is 31.0 Å². The fourth-order valence-corrected chi connectivity index (χ4v) is 2.18. The molecule has 0 aliphatic rings. The molecule has 0 aliphatic carbocycles. The first kappa shape index (κ1) is 14.6. The highest BCUT2D eigenvalue weighted by molar-refractivity contribution is 5.46. The summed E-state index contributed by atoms with van der Waals surface area (Å²) >= 11 is 0. The van der Waals surface area contributed by atoms with Crippen LogP contribution in [-0.2, 0) is 13.1 Å². The van der Waals surface area contributed by atoms with E-state index >= 15 is 0 Å². The Bertz CT molecular complexity index is 545. The molecule has 20 heavy (non-hydrogen) atoms. The van der Waals surface area contributed by atoms with E-state index in [-0.39, 0.29) is 0 Å². The molecule has 4 heteroatoms. The fourth-order valence-electron chi connectivity index (χ4n) is 2.18. The number of hydrogen-bond acceptors (Lipinski definition) is 3. The molecule has 0 aliphatic heterocycles. The van der Waals surface area contributed by atoms with Crippen LogP contribution in [0.2, 0.25) is 0 Å². The van der Waals surface area contributed by atoms with E-state index in [9.17, 15) is 0 Å². The molecule has 1 aromatic carbocycles. The summed E-state index contributed by atoms with van der Waals surface area (Å²) in [6, 6.07) is 10.5. The van der Waals surface area contributed by atoms with Gasteiger partial charge in [-0.1, -0.05) is 25.1 Å². The lowest BCUT2D eigenvalue weighted by Crippen LogP contribution is -2.23. The molecule has 0 spiro atoms. The van der Waals surface area contributed by atoms with E-state index in [4.69, 9.17) is 5.73 Å². The Labute approximate surface area is 121 Å². The predicted octanol–water partition coefficient (Wildman–Crippen LogP) is 3.07. The van der Waals surface area contributed by atoms with Gasteiger partial charge in [0.15, 0.2) is 0 Å². The topological polar surface area (TPSA) is 47.1 Å². The lowest BCUT2D eigenvalue weighted by atomic mass is 10.1. The van der Waals surface area contributed by atoms with Gasteiger partial charge in [0.05, 0.1) is 5.69 Å². The minimum Gasteiger partial charge on any atom is -0.398 e. The molecule has 0 saturated carbocycles. The Morgan fingerprint density at radius 3 is 2.55 bits per heavy atom. The maximum Gasteiger partial charge on any atom is 0.0765 e. The van der Waals surface area contributed by atoms with E-state index in [0.29, 0.717) is 6.04 Å². The van der Waals surface area contributed by atoms with Crippen LogP contribution in [-0.4, -0.2) is 21.2 Å². The van der Waals surface area contributed by atoms with Crippen molar-refractivity contribution in [3.8, 4) is 0 Å². The first-order valence-electron chi connectivity index (χ1n) is 7.20. The van der Waals surface area contributed by atoms with Crippen LogP contribution in [0.25, 0.3) is 0 Å². The second-order valence-electron chi connectivity index (χ2n) is 5.38. The maximum atomic E-state index is 6.01. The van der Waals surface area contributed by atoms with Crippen molar-refractivity contribution < 1.29 is 0 Å². The van der Waals surface area contributed by atoms with E-state index in [1.165, 1.54) is 5.56 Å². The standard InChI is InChI=1S/C16H24N4/c1-4-19(11-14-7-5-6-8-16(14)17)12-15-9-10-20(18-15)13(2)3/h5-10,13H,4,11-12,17H2,1-3H3. The molecule has 0 unspecified atom stereocenters. The van der Waals surface area contributed by atoms with Crippen LogP contribution in [0.5, 0.6) is 0 Å². The molecule has 0 saturated heterocycles. The molecule has 0 amide bonds. The van der Waals surface area contributed by atoms with E-state index in [1.807, 2.05) is 29.1 Å². The molecule has 0 radical (unpaired) electrons. The summed E-state index contributed by atoms with van der Waals surface area (Å²) in [5.41, 5.74) is 9.16. The van der Waals surface area contributed by atoms with Crippen molar-refractivity contribution in [2.75, 3.05) is 12.3 Å². The predicted molar refractivity (Wildman–Crippen MR) is 83.3 cm³/mol. The molecule has 1 aromatic heterocycles. The summed E-state index contributed by atoms with van der Waals surface area (Å²) in [4.78, 5) is 2.35. The molecule has 1 heterocycles.